The molecule has 0 rings (SSSR count). The summed E-state index contributed by atoms with van der Waals surface area (Å²) in [5, 5.41) is 0. The second kappa shape index (κ2) is 6.46. The van der Waals surface area contributed by atoms with Gasteiger partial charge in [-0.3, -0.25) is 4.79 Å². The molecule has 0 spiro atoms. The average Bonchev–Trinajstić information content (AvgIpc) is 1.98. The monoisotopic (exact) mass is 170 g/mol. The van der Waals surface area contributed by atoms with Gasteiger partial charge in [-0.25, -0.2) is 0 Å². The summed E-state index contributed by atoms with van der Waals surface area (Å²) < 4.78 is 9.68. The van der Waals surface area contributed by atoms with Gasteiger partial charge in [0.2, 0.25) is 0 Å². The molecule has 0 bridgehead atoms. The molecule has 3 heteroatoms. The fourth-order valence-corrected chi connectivity index (χ4v) is 0.579. The minimum Gasteiger partial charge on any atom is -0.495 e. The summed E-state index contributed by atoms with van der Waals surface area (Å²) in [5.74, 6) is 0.284. The van der Waals surface area contributed by atoms with Gasteiger partial charge in [-0.15, -0.1) is 0 Å². The molecular formula is C9H14O3. The van der Waals surface area contributed by atoms with Crippen LogP contribution in [0.1, 0.15) is 13.8 Å². The predicted molar refractivity (Wildman–Crippen MR) is 46.5 cm³/mol. The highest BCUT2D eigenvalue weighted by Crippen LogP contribution is 1.94. The Morgan fingerprint density at radius 2 is 2.17 bits per heavy atom. The first-order chi connectivity index (χ1) is 5.66. The number of hydrogen-bond donors (Lipinski definition) is 0. The minimum atomic E-state index is -0.290. The quantitative estimate of drug-likeness (QED) is 0.357. The highest BCUT2D eigenvalue weighted by molar-refractivity contribution is 5.65. The second-order valence-electron chi connectivity index (χ2n) is 2.10. The van der Waals surface area contributed by atoms with E-state index in [9.17, 15) is 4.79 Å². The van der Waals surface area contributed by atoms with E-state index in [0.717, 1.165) is 0 Å². The van der Waals surface area contributed by atoms with Crippen LogP contribution in [0.25, 0.3) is 0 Å². The molecule has 0 atom stereocenters. The minimum absolute atomic E-state index is 0.265. The van der Waals surface area contributed by atoms with Crippen LogP contribution in [0, 0.1) is 0 Å². The number of esters is 1. The molecule has 0 fully saturated rings. The van der Waals surface area contributed by atoms with Crippen molar-refractivity contribution < 1.29 is 14.3 Å². The molecule has 0 saturated carbocycles. The molecule has 0 N–H and O–H groups in total. The second-order valence-corrected chi connectivity index (χ2v) is 2.10. The number of rotatable bonds is 5. The highest BCUT2D eigenvalue weighted by atomic mass is 16.5. The van der Waals surface area contributed by atoms with Gasteiger partial charge in [0.15, 0.2) is 0 Å². The topological polar surface area (TPSA) is 35.5 Å². The molecule has 0 aliphatic rings. The normalized spacial score (nSPS) is 9.83. The lowest BCUT2D eigenvalue weighted by Gasteiger charge is -2.00. The molecule has 0 aromatic carbocycles. The SMILES string of the molecule is C=C(/C=C/COC(C)=O)OCC. The summed E-state index contributed by atoms with van der Waals surface area (Å²) in [5.41, 5.74) is 0. The van der Waals surface area contributed by atoms with Gasteiger partial charge in [0.05, 0.1) is 6.61 Å². The maximum Gasteiger partial charge on any atom is 0.302 e. The van der Waals surface area contributed by atoms with Crippen LogP contribution in [0.15, 0.2) is 24.5 Å². The van der Waals surface area contributed by atoms with Crippen LogP contribution in [-0.2, 0) is 14.3 Å². The average molecular weight is 170 g/mol. The lowest BCUT2D eigenvalue weighted by atomic mass is 10.4. The Bertz CT molecular complexity index is 182. The van der Waals surface area contributed by atoms with Crippen molar-refractivity contribution in [2.75, 3.05) is 13.2 Å². The largest absolute Gasteiger partial charge is 0.495 e. The molecular weight excluding hydrogens is 156 g/mol. The Morgan fingerprint density at radius 3 is 2.67 bits per heavy atom. The van der Waals surface area contributed by atoms with Crippen molar-refractivity contribution in [2.24, 2.45) is 0 Å². The summed E-state index contributed by atoms with van der Waals surface area (Å²) in [7, 11) is 0. The molecule has 0 aromatic heterocycles. The van der Waals surface area contributed by atoms with Crippen molar-refractivity contribution in [3.63, 3.8) is 0 Å². The number of allylic oxidation sites excluding steroid dienone is 1. The first-order valence-corrected chi connectivity index (χ1v) is 3.78. The van der Waals surface area contributed by atoms with E-state index in [2.05, 4.69) is 11.3 Å². The van der Waals surface area contributed by atoms with Gasteiger partial charge in [-0.2, -0.15) is 0 Å². The standard InChI is InChI=1S/C9H14O3/c1-4-11-8(2)6-5-7-12-9(3)10/h5-6H,2,4,7H2,1,3H3/b6-5+. The van der Waals surface area contributed by atoms with Crippen molar-refractivity contribution >= 4 is 5.97 Å². The first-order valence-electron chi connectivity index (χ1n) is 3.78. The number of ether oxygens (including phenoxy) is 2. The third kappa shape index (κ3) is 6.86. The van der Waals surface area contributed by atoms with E-state index in [1.807, 2.05) is 6.92 Å². The Balaban J connectivity index is 3.48. The van der Waals surface area contributed by atoms with E-state index in [4.69, 9.17) is 4.74 Å². The van der Waals surface area contributed by atoms with Crippen molar-refractivity contribution in [1.82, 2.24) is 0 Å². The summed E-state index contributed by atoms with van der Waals surface area (Å²) in [6.07, 6.45) is 3.35. The maximum absolute atomic E-state index is 10.3. The van der Waals surface area contributed by atoms with E-state index >= 15 is 0 Å². The smallest absolute Gasteiger partial charge is 0.302 e. The van der Waals surface area contributed by atoms with Crippen LogP contribution in [0.4, 0.5) is 0 Å². The first kappa shape index (κ1) is 10.8. The molecule has 3 nitrogen and oxygen atoms in total. The Kier molecular flexibility index (Phi) is 5.79. The third-order valence-corrected chi connectivity index (χ3v) is 1.02. The van der Waals surface area contributed by atoms with Gasteiger partial charge in [0.25, 0.3) is 0 Å². The van der Waals surface area contributed by atoms with Gasteiger partial charge in [0.1, 0.15) is 12.4 Å². The number of carbonyl (C=O) groups is 1. The fraction of sp³-hybridized carbons (Fsp3) is 0.444. The molecule has 0 amide bonds. The molecule has 12 heavy (non-hydrogen) atoms. The van der Waals surface area contributed by atoms with Crippen LogP contribution >= 0.6 is 0 Å². The molecule has 0 aliphatic carbocycles. The van der Waals surface area contributed by atoms with Crippen LogP contribution in [-0.4, -0.2) is 19.2 Å². The highest BCUT2D eigenvalue weighted by Gasteiger charge is 1.88. The Hall–Kier alpha value is -1.25. The van der Waals surface area contributed by atoms with E-state index in [1.54, 1.807) is 12.2 Å². The lowest BCUT2D eigenvalue weighted by Crippen LogP contribution is -1.97. The molecule has 0 unspecified atom stereocenters. The lowest BCUT2D eigenvalue weighted by molar-refractivity contribution is -0.139. The zero-order valence-electron chi connectivity index (χ0n) is 7.50. The van der Waals surface area contributed by atoms with Crippen LogP contribution in [0.5, 0.6) is 0 Å². The van der Waals surface area contributed by atoms with Crippen molar-refractivity contribution in [2.45, 2.75) is 13.8 Å². The summed E-state index contributed by atoms with van der Waals surface area (Å²) in [4.78, 5) is 10.3. The summed E-state index contributed by atoms with van der Waals surface area (Å²) >= 11 is 0. The van der Waals surface area contributed by atoms with Crippen LogP contribution in [0.2, 0.25) is 0 Å². The van der Waals surface area contributed by atoms with Gasteiger partial charge in [-0.1, -0.05) is 6.58 Å². The van der Waals surface area contributed by atoms with Crippen LogP contribution < -0.4 is 0 Å². The Morgan fingerprint density at radius 1 is 1.50 bits per heavy atom. The van der Waals surface area contributed by atoms with Crippen molar-refractivity contribution in [1.29, 1.82) is 0 Å². The van der Waals surface area contributed by atoms with E-state index < -0.39 is 0 Å². The molecule has 0 aromatic rings. The van der Waals surface area contributed by atoms with Gasteiger partial charge < -0.3 is 9.47 Å². The van der Waals surface area contributed by atoms with Crippen molar-refractivity contribution in [3.05, 3.63) is 24.5 Å². The van der Waals surface area contributed by atoms with E-state index in [1.165, 1.54) is 6.92 Å². The molecule has 68 valence electrons. The van der Waals surface area contributed by atoms with Crippen LogP contribution in [0.3, 0.4) is 0 Å². The predicted octanol–water partition coefficient (Wildman–Crippen LogP) is 1.66. The van der Waals surface area contributed by atoms with Gasteiger partial charge >= 0.3 is 5.97 Å². The van der Waals surface area contributed by atoms with Gasteiger partial charge in [-0.05, 0) is 19.1 Å². The van der Waals surface area contributed by atoms with E-state index in [0.29, 0.717) is 12.4 Å². The number of hydrogen-bond acceptors (Lipinski definition) is 3. The number of carbonyl (C=O) groups excluding carboxylic acids is 1. The molecule has 0 radical (unpaired) electrons. The summed E-state index contributed by atoms with van der Waals surface area (Å²) in [6.45, 7) is 7.72. The fourth-order valence-electron chi connectivity index (χ4n) is 0.579. The zero-order chi connectivity index (χ0) is 9.40. The Labute approximate surface area is 72.7 Å². The maximum atomic E-state index is 10.3. The molecule has 0 heterocycles. The summed E-state index contributed by atoms with van der Waals surface area (Å²) in [6, 6.07) is 0. The van der Waals surface area contributed by atoms with Gasteiger partial charge in [0, 0.05) is 6.92 Å². The molecule has 0 aliphatic heterocycles. The molecule has 0 saturated heterocycles. The zero-order valence-corrected chi connectivity index (χ0v) is 7.50. The van der Waals surface area contributed by atoms with Crippen molar-refractivity contribution in [3.8, 4) is 0 Å². The third-order valence-electron chi connectivity index (χ3n) is 1.02. The van der Waals surface area contributed by atoms with E-state index in [-0.39, 0.29) is 12.6 Å².